The number of rotatable bonds is 5. The zero-order valence-corrected chi connectivity index (χ0v) is 14.4. The Labute approximate surface area is 147 Å². The summed E-state index contributed by atoms with van der Waals surface area (Å²) >= 11 is 0. The van der Waals surface area contributed by atoms with Gasteiger partial charge < -0.3 is 14.4 Å². The standard InChI is InChI=1S/C19H23N3O3/c1-24-15-6-2-13(3-7-15)10-16-12-22(8-9-25-16)19(23)18-11-17(20-21-18)14-4-5-14/h2-3,6-7,11,14,16H,4-5,8-10,12H2,1H3,(H,20,21)/t16-/m1/s1. The molecule has 1 amide bonds. The Balaban J connectivity index is 1.38. The van der Waals surface area contributed by atoms with E-state index in [1.807, 2.05) is 35.2 Å². The highest BCUT2D eigenvalue weighted by molar-refractivity contribution is 5.92. The molecule has 2 heterocycles. The van der Waals surface area contributed by atoms with Crippen LogP contribution in [0, 0.1) is 0 Å². The lowest BCUT2D eigenvalue weighted by Crippen LogP contribution is -2.46. The van der Waals surface area contributed by atoms with Crippen LogP contribution in [-0.4, -0.2) is 53.9 Å². The molecule has 1 aromatic heterocycles. The Bertz CT molecular complexity index is 737. The van der Waals surface area contributed by atoms with Crippen molar-refractivity contribution in [3.63, 3.8) is 0 Å². The van der Waals surface area contributed by atoms with Crippen molar-refractivity contribution in [1.29, 1.82) is 0 Å². The number of nitrogens with one attached hydrogen (secondary N) is 1. The first-order valence-corrected chi connectivity index (χ1v) is 8.82. The molecule has 0 bridgehead atoms. The van der Waals surface area contributed by atoms with Gasteiger partial charge >= 0.3 is 0 Å². The maximum absolute atomic E-state index is 12.7. The minimum absolute atomic E-state index is 0.00735. The third-order valence-electron chi connectivity index (χ3n) is 4.88. The van der Waals surface area contributed by atoms with Crippen LogP contribution in [0.15, 0.2) is 30.3 Å². The van der Waals surface area contributed by atoms with Crippen LogP contribution in [0.5, 0.6) is 5.75 Å². The van der Waals surface area contributed by atoms with Crippen LogP contribution < -0.4 is 4.74 Å². The molecule has 25 heavy (non-hydrogen) atoms. The fraction of sp³-hybridized carbons (Fsp3) is 0.474. The second-order valence-electron chi connectivity index (χ2n) is 6.78. The number of methoxy groups -OCH3 is 1. The molecular formula is C19H23N3O3. The van der Waals surface area contributed by atoms with E-state index in [0.717, 1.165) is 17.9 Å². The minimum Gasteiger partial charge on any atom is -0.497 e. The van der Waals surface area contributed by atoms with Crippen molar-refractivity contribution < 1.29 is 14.3 Å². The van der Waals surface area contributed by atoms with Crippen LogP contribution in [0.1, 0.15) is 40.5 Å². The molecule has 0 unspecified atom stereocenters. The summed E-state index contributed by atoms with van der Waals surface area (Å²) in [6.07, 6.45) is 3.17. The maximum atomic E-state index is 12.7. The molecule has 6 heteroatoms. The van der Waals surface area contributed by atoms with E-state index in [1.165, 1.54) is 18.4 Å². The summed E-state index contributed by atoms with van der Waals surface area (Å²) in [5.41, 5.74) is 2.79. The number of aromatic nitrogens is 2. The van der Waals surface area contributed by atoms with Crippen molar-refractivity contribution in [2.24, 2.45) is 0 Å². The van der Waals surface area contributed by atoms with Crippen molar-refractivity contribution in [2.45, 2.75) is 31.3 Å². The molecule has 132 valence electrons. The fourth-order valence-corrected chi connectivity index (χ4v) is 3.26. The zero-order valence-electron chi connectivity index (χ0n) is 14.4. The van der Waals surface area contributed by atoms with E-state index in [-0.39, 0.29) is 12.0 Å². The lowest BCUT2D eigenvalue weighted by molar-refractivity contribution is -0.0210. The molecule has 1 aliphatic carbocycles. The Morgan fingerprint density at radius 3 is 2.88 bits per heavy atom. The highest BCUT2D eigenvalue weighted by Gasteiger charge is 2.29. The number of morpholine rings is 1. The molecule has 1 saturated carbocycles. The number of nitrogens with zero attached hydrogens (tertiary/aromatic N) is 2. The highest BCUT2D eigenvalue weighted by atomic mass is 16.5. The van der Waals surface area contributed by atoms with Crippen LogP contribution in [0.3, 0.4) is 0 Å². The quantitative estimate of drug-likeness (QED) is 0.907. The van der Waals surface area contributed by atoms with E-state index in [1.54, 1.807) is 7.11 Å². The van der Waals surface area contributed by atoms with Crippen molar-refractivity contribution in [2.75, 3.05) is 26.8 Å². The van der Waals surface area contributed by atoms with Crippen LogP contribution in [0.4, 0.5) is 0 Å². The van der Waals surface area contributed by atoms with Crippen LogP contribution >= 0.6 is 0 Å². The summed E-state index contributed by atoms with van der Waals surface area (Å²) in [6.45, 7) is 1.77. The molecule has 0 spiro atoms. The molecule has 1 aromatic carbocycles. The summed E-state index contributed by atoms with van der Waals surface area (Å²) in [7, 11) is 1.66. The first kappa shape index (κ1) is 16.1. The molecule has 0 radical (unpaired) electrons. The lowest BCUT2D eigenvalue weighted by Gasteiger charge is -2.32. The average molecular weight is 341 g/mol. The average Bonchev–Trinajstić information content (AvgIpc) is 3.39. The first-order valence-electron chi connectivity index (χ1n) is 8.82. The van der Waals surface area contributed by atoms with Gasteiger partial charge in [-0.3, -0.25) is 9.89 Å². The summed E-state index contributed by atoms with van der Waals surface area (Å²) in [4.78, 5) is 14.6. The molecule has 2 aromatic rings. The van der Waals surface area contributed by atoms with Crippen molar-refractivity contribution in [1.82, 2.24) is 15.1 Å². The molecular weight excluding hydrogens is 318 g/mol. The number of hydrogen-bond acceptors (Lipinski definition) is 4. The van der Waals surface area contributed by atoms with Crippen molar-refractivity contribution in [3.05, 3.63) is 47.3 Å². The SMILES string of the molecule is COc1ccc(C[C@@H]2CN(C(=O)c3cc(C4CC4)[nH]n3)CCO2)cc1. The van der Waals surface area contributed by atoms with E-state index in [9.17, 15) is 4.79 Å². The van der Waals surface area contributed by atoms with Gasteiger partial charge in [0, 0.05) is 31.1 Å². The Morgan fingerprint density at radius 2 is 2.16 bits per heavy atom. The Morgan fingerprint density at radius 1 is 1.36 bits per heavy atom. The molecule has 6 nitrogen and oxygen atoms in total. The van der Waals surface area contributed by atoms with E-state index in [0.29, 0.717) is 31.3 Å². The molecule has 4 rings (SSSR count). The van der Waals surface area contributed by atoms with Gasteiger partial charge in [0.1, 0.15) is 11.4 Å². The third kappa shape index (κ3) is 3.69. The van der Waals surface area contributed by atoms with Gasteiger partial charge in [-0.15, -0.1) is 0 Å². The summed E-state index contributed by atoms with van der Waals surface area (Å²) in [5, 5.41) is 7.22. The number of aromatic amines is 1. The molecule has 1 N–H and O–H groups in total. The van der Waals surface area contributed by atoms with E-state index in [2.05, 4.69) is 10.2 Å². The number of carbonyl (C=O) groups excluding carboxylic acids is 1. The number of amides is 1. The number of benzene rings is 1. The minimum atomic E-state index is -0.00817. The maximum Gasteiger partial charge on any atom is 0.274 e. The van der Waals surface area contributed by atoms with E-state index >= 15 is 0 Å². The van der Waals surface area contributed by atoms with Gasteiger partial charge in [-0.05, 0) is 36.6 Å². The fourth-order valence-electron chi connectivity index (χ4n) is 3.26. The van der Waals surface area contributed by atoms with Crippen molar-refractivity contribution in [3.8, 4) is 5.75 Å². The number of H-pyrrole nitrogens is 1. The normalized spacial score (nSPS) is 20.5. The highest BCUT2D eigenvalue weighted by Crippen LogP contribution is 2.39. The molecule has 1 saturated heterocycles. The van der Waals surface area contributed by atoms with E-state index < -0.39 is 0 Å². The van der Waals surface area contributed by atoms with Gasteiger partial charge in [0.25, 0.3) is 5.91 Å². The second-order valence-corrected chi connectivity index (χ2v) is 6.78. The number of hydrogen-bond donors (Lipinski definition) is 1. The monoisotopic (exact) mass is 341 g/mol. The molecule has 2 aliphatic rings. The van der Waals surface area contributed by atoms with Gasteiger partial charge in [0.15, 0.2) is 0 Å². The number of carbonyl (C=O) groups is 1. The van der Waals surface area contributed by atoms with Crippen LogP contribution in [0.2, 0.25) is 0 Å². The number of ether oxygens (including phenoxy) is 2. The van der Waals surface area contributed by atoms with Crippen molar-refractivity contribution >= 4 is 5.91 Å². The topological polar surface area (TPSA) is 67.5 Å². The largest absolute Gasteiger partial charge is 0.497 e. The van der Waals surface area contributed by atoms with Gasteiger partial charge in [0.05, 0.1) is 19.8 Å². The van der Waals surface area contributed by atoms with Gasteiger partial charge in [0.2, 0.25) is 0 Å². The summed E-state index contributed by atoms with van der Waals surface area (Å²) in [6, 6.07) is 9.89. The molecule has 1 atom stereocenters. The predicted octanol–water partition coefficient (Wildman–Crippen LogP) is 2.38. The zero-order chi connectivity index (χ0) is 17.2. The first-order chi connectivity index (χ1) is 12.2. The summed E-state index contributed by atoms with van der Waals surface area (Å²) in [5.74, 6) is 1.41. The smallest absolute Gasteiger partial charge is 0.274 e. The predicted molar refractivity (Wildman–Crippen MR) is 92.9 cm³/mol. The van der Waals surface area contributed by atoms with E-state index in [4.69, 9.17) is 9.47 Å². The molecule has 2 fully saturated rings. The van der Waals surface area contributed by atoms with Gasteiger partial charge in [-0.1, -0.05) is 12.1 Å². The Hall–Kier alpha value is -2.34. The van der Waals surface area contributed by atoms with Gasteiger partial charge in [-0.25, -0.2) is 0 Å². The third-order valence-corrected chi connectivity index (χ3v) is 4.88. The summed E-state index contributed by atoms with van der Waals surface area (Å²) < 4.78 is 11.0. The second kappa shape index (κ2) is 6.88. The molecule has 1 aliphatic heterocycles. The Kier molecular flexibility index (Phi) is 4.44. The van der Waals surface area contributed by atoms with Crippen LogP contribution in [-0.2, 0) is 11.2 Å². The lowest BCUT2D eigenvalue weighted by atomic mass is 10.1. The van der Waals surface area contributed by atoms with Crippen LogP contribution in [0.25, 0.3) is 0 Å². The van der Waals surface area contributed by atoms with Gasteiger partial charge in [-0.2, -0.15) is 5.10 Å².